The number of hydrogen-bond acceptors (Lipinski definition) is 4. The average molecular weight is 276 g/mol. The Morgan fingerprint density at radius 1 is 1.20 bits per heavy atom. The van der Waals surface area contributed by atoms with Gasteiger partial charge < -0.3 is 10.2 Å². The average Bonchev–Trinajstić information content (AvgIpc) is 2.37. The van der Waals surface area contributed by atoms with E-state index >= 15 is 0 Å². The van der Waals surface area contributed by atoms with E-state index in [1.54, 1.807) is 0 Å². The molecule has 0 saturated heterocycles. The Morgan fingerprint density at radius 2 is 1.95 bits per heavy atom. The summed E-state index contributed by atoms with van der Waals surface area (Å²) >= 11 is 0. The van der Waals surface area contributed by atoms with Gasteiger partial charge in [0.25, 0.3) is 0 Å². The molecule has 0 unspecified atom stereocenters. The quantitative estimate of drug-likeness (QED) is 0.827. The van der Waals surface area contributed by atoms with Crippen molar-refractivity contribution in [3.8, 4) is 0 Å². The molecular formula is C16H28N4. The van der Waals surface area contributed by atoms with Crippen LogP contribution in [0.5, 0.6) is 0 Å². The molecule has 4 heteroatoms. The molecule has 1 aliphatic carbocycles. The molecule has 1 fully saturated rings. The van der Waals surface area contributed by atoms with Crippen LogP contribution >= 0.6 is 0 Å². The van der Waals surface area contributed by atoms with Crippen LogP contribution in [0.2, 0.25) is 0 Å². The lowest BCUT2D eigenvalue weighted by Gasteiger charge is -2.36. The van der Waals surface area contributed by atoms with Crippen LogP contribution in [0.15, 0.2) is 0 Å². The monoisotopic (exact) mass is 276 g/mol. The summed E-state index contributed by atoms with van der Waals surface area (Å²) in [6, 6.07) is 0.664. The molecule has 0 bridgehead atoms. The van der Waals surface area contributed by atoms with Gasteiger partial charge in [-0.1, -0.05) is 13.8 Å². The van der Waals surface area contributed by atoms with E-state index in [9.17, 15) is 0 Å². The van der Waals surface area contributed by atoms with Crippen molar-refractivity contribution in [2.75, 3.05) is 23.8 Å². The Bertz CT molecular complexity index is 440. The first-order chi connectivity index (χ1) is 9.67. The van der Waals surface area contributed by atoms with Crippen molar-refractivity contribution in [3.05, 3.63) is 11.4 Å². The Hall–Kier alpha value is -1.32. The highest BCUT2D eigenvalue weighted by Crippen LogP contribution is 2.31. The smallest absolute Gasteiger partial charge is 0.137 e. The second-order valence-corrected chi connectivity index (χ2v) is 5.81. The first kappa shape index (κ1) is 15.1. The van der Waals surface area contributed by atoms with E-state index in [1.807, 2.05) is 0 Å². The molecule has 0 radical (unpaired) electrons. The molecule has 4 nitrogen and oxygen atoms in total. The van der Waals surface area contributed by atoms with Gasteiger partial charge in [-0.05, 0) is 39.0 Å². The summed E-state index contributed by atoms with van der Waals surface area (Å²) in [5.41, 5.74) is 1.19. The van der Waals surface area contributed by atoms with E-state index in [1.165, 1.54) is 24.8 Å². The molecule has 0 aromatic carbocycles. The van der Waals surface area contributed by atoms with Gasteiger partial charge in [0.2, 0.25) is 0 Å². The third kappa shape index (κ3) is 3.22. The van der Waals surface area contributed by atoms with Crippen LogP contribution in [0, 0.1) is 6.92 Å². The minimum atomic E-state index is 0.664. The Labute approximate surface area is 123 Å². The fraction of sp³-hybridized carbons (Fsp3) is 0.750. The number of rotatable bonds is 7. The third-order valence-corrected chi connectivity index (χ3v) is 4.14. The van der Waals surface area contributed by atoms with Gasteiger partial charge in [-0.3, -0.25) is 0 Å². The highest BCUT2D eigenvalue weighted by atomic mass is 15.2. The van der Waals surface area contributed by atoms with Crippen LogP contribution in [0.25, 0.3) is 0 Å². The predicted molar refractivity (Wildman–Crippen MR) is 85.6 cm³/mol. The molecule has 1 aromatic rings. The molecule has 2 rings (SSSR count). The van der Waals surface area contributed by atoms with Crippen molar-refractivity contribution in [2.24, 2.45) is 0 Å². The van der Waals surface area contributed by atoms with Gasteiger partial charge in [0.1, 0.15) is 17.5 Å². The van der Waals surface area contributed by atoms with Crippen LogP contribution < -0.4 is 10.2 Å². The van der Waals surface area contributed by atoms with Crippen LogP contribution in [-0.2, 0) is 6.42 Å². The predicted octanol–water partition coefficient (Wildman–Crippen LogP) is 3.55. The molecule has 0 spiro atoms. The molecular weight excluding hydrogens is 248 g/mol. The van der Waals surface area contributed by atoms with E-state index in [0.717, 1.165) is 43.3 Å². The molecule has 1 aliphatic rings. The second kappa shape index (κ2) is 6.91. The number of nitrogens with one attached hydrogen (secondary N) is 1. The highest BCUT2D eigenvalue weighted by Gasteiger charge is 2.25. The van der Waals surface area contributed by atoms with Crippen molar-refractivity contribution in [1.29, 1.82) is 0 Å². The first-order valence-electron chi connectivity index (χ1n) is 8.01. The summed E-state index contributed by atoms with van der Waals surface area (Å²) in [7, 11) is 2.18. The lowest BCUT2D eigenvalue weighted by molar-refractivity contribution is 0.398. The zero-order valence-electron chi connectivity index (χ0n) is 13.4. The molecule has 0 aliphatic heterocycles. The molecule has 112 valence electrons. The maximum absolute atomic E-state index is 4.81. The van der Waals surface area contributed by atoms with Gasteiger partial charge >= 0.3 is 0 Å². The van der Waals surface area contributed by atoms with Crippen LogP contribution in [0.4, 0.5) is 11.6 Å². The topological polar surface area (TPSA) is 41.1 Å². The standard InChI is InChI=1S/C16H28N4/c1-5-8-14-18-15(17-11-6-2)12(3)16(19-14)20(4)13-9-7-10-13/h13H,5-11H2,1-4H3,(H,17,18,19). The normalized spacial score (nSPS) is 15.0. The van der Waals surface area contributed by atoms with Crippen molar-refractivity contribution < 1.29 is 0 Å². The third-order valence-electron chi connectivity index (χ3n) is 4.14. The minimum Gasteiger partial charge on any atom is -0.370 e. The SMILES string of the molecule is CCCNc1nc(CCC)nc(N(C)C2CCC2)c1C. The van der Waals surface area contributed by atoms with Crippen molar-refractivity contribution in [3.63, 3.8) is 0 Å². The Balaban J connectivity index is 2.29. The maximum Gasteiger partial charge on any atom is 0.137 e. The molecule has 0 atom stereocenters. The molecule has 0 amide bonds. The van der Waals surface area contributed by atoms with Crippen molar-refractivity contribution in [2.45, 2.75) is 65.3 Å². The van der Waals surface area contributed by atoms with Gasteiger partial charge in [-0.15, -0.1) is 0 Å². The van der Waals surface area contributed by atoms with Gasteiger partial charge in [-0.25, -0.2) is 9.97 Å². The number of hydrogen-bond donors (Lipinski definition) is 1. The Morgan fingerprint density at radius 3 is 2.50 bits per heavy atom. The number of anilines is 2. The molecule has 1 saturated carbocycles. The summed E-state index contributed by atoms with van der Waals surface area (Å²) in [6.45, 7) is 7.46. The first-order valence-corrected chi connectivity index (χ1v) is 8.01. The molecule has 1 N–H and O–H groups in total. The summed E-state index contributed by atoms with van der Waals surface area (Å²) in [4.78, 5) is 11.9. The van der Waals surface area contributed by atoms with E-state index in [0.29, 0.717) is 6.04 Å². The van der Waals surface area contributed by atoms with Crippen LogP contribution in [0.1, 0.15) is 57.3 Å². The Kier molecular flexibility index (Phi) is 5.21. The maximum atomic E-state index is 4.81. The minimum absolute atomic E-state index is 0.664. The summed E-state index contributed by atoms with van der Waals surface area (Å²) < 4.78 is 0. The van der Waals surface area contributed by atoms with Crippen molar-refractivity contribution >= 4 is 11.6 Å². The molecule has 20 heavy (non-hydrogen) atoms. The zero-order valence-corrected chi connectivity index (χ0v) is 13.4. The fourth-order valence-corrected chi connectivity index (χ4v) is 2.59. The fourth-order valence-electron chi connectivity index (χ4n) is 2.59. The summed E-state index contributed by atoms with van der Waals surface area (Å²) in [5, 5.41) is 3.45. The lowest BCUT2D eigenvalue weighted by Crippen LogP contribution is -2.38. The summed E-state index contributed by atoms with van der Waals surface area (Å²) in [5.74, 6) is 3.11. The van der Waals surface area contributed by atoms with E-state index < -0.39 is 0 Å². The molecule has 1 aromatic heterocycles. The number of nitrogens with zero attached hydrogens (tertiary/aromatic N) is 3. The second-order valence-electron chi connectivity index (χ2n) is 5.81. The summed E-state index contributed by atoms with van der Waals surface area (Å²) in [6.07, 6.45) is 7.08. The van der Waals surface area contributed by atoms with E-state index in [2.05, 4.69) is 38.0 Å². The van der Waals surface area contributed by atoms with E-state index in [-0.39, 0.29) is 0 Å². The zero-order chi connectivity index (χ0) is 14.5. The van der Waals surface area contributed by atoms with Gasteiger partial charge in [0.15, 0.2) is 0 Å². The molecule has 1 heterocycles. The van der Waals surface area contributed by atoms with Gasteiger partial charge in [0.05, 0.1) is 0 Å². The van der Waals surface area contributed by atoms with Gasteiger partial charge in [0, 0.05) is 31.6 Å². The van der Waals surface area contributed by atoms with Gasteiger partial charge in [-0.2, -0.15) is 0 Å². The lowest BCUT2D eigenvalue weighted by atomic mass is 9.91. The number of aryl methyl sites for hydroxylation is 1. The van der Waals surface area contributed by atoms with Crippen LogP contribution in [0.3, 0.4) is 0 Å². The highest BCUT2D eigenvalue weighted by molar-refractivity contribution is 5.59. The number of aromatic nitrogens is 2. The van der Waals surface area contributed by atoms with Crippen molar-refractivity contribution in [1.82, 2.24) is 9.97 Å². The largest absolute Gasteiger partial charge is 0.370 e. The van der Waals surface area contributed by atoms with Crippen LogP contribution in [-0.4, -0.2) is 29.6 Å². The van der Waals surface area contributed by atoms with E-state index in [4.69, 9.17) is 9.97 Å².